The molecule has 3 rings (SSSR count). The molecule has 2 aliphatic rings. The van der Waals surface area contributed by atoms with Crippen LogP contribution in [0.15, 0.2) is 16.6 Å². The van der Waals surface area contributed by atoms with Gasteiger partial charge < -0.3 is 9.64 Å². The first kappa shape index (κ1) is 12.7. The largest absolute Gasteiger partial charge is 0.378 e. The summed E-state index contributed by atoms with van der Waals surface area (Å²) in [5.41, 5.74) is 0. The minimum Gasteiger partial charge on any atom is -0.378 e. The SMILES string of the molecule is Clc1ccc(Br)c(N2CCN(C3COC3)CC2)n1. The minimum atomic E-state index is 0.544. The lowest BCUT2D eigenvalue weighted by Gasteiger charge is -2.43. The van der Waals surface area contributed by atoms with Gasteiger partial charge in [0.25, 0.3) is 0 Å². The third kappa shape index (κ3) is 2.50. The number of ether oxygens (including phenoxy) is 1. The van der Waals surface area contributed by atoms with Gasteiger partial charge >= 0.3 is 0 Å². The Morgan fingerprint density at radius 3 is 2.56 bits per heavy atom. The summed E-state index contributed by atoms with van der Waals surface area (Å²) in [5, 5.41) is 0.544. The average molecular weight is 333 g/mol. The van der Waals surface area contributed by atoms with Gasteiger partial charge in [0.15, 0.2) is 0 Å². The molecule has 6 heteroatoms. The molecule has 0 atom stereocenters. The van der Waals surface area contributed by atoms with Gasteiger partial charge in [0.2, 0.25) is 0 Å². The van der Waals surface area contributed by atoms with Crippen molar-refractivity contribution in [3.8, 4) is 0 Å². The highest BCUT2D eigenvalue weighted by atomic mass is 79.9. The number of halogens is 2. The van der Waals surface area contributed by atoms with Crippen LogP contribution >= 0.6 is 27.5 Å². The highest BCUT2D eigenvalue weighted by molar-refractivity contribution is 9.10. The van der Waals surface area contributed by atoms with Crippen molar-refractivity contribution in [2.45, 2.75) is 6.04 Å². The van der Waals surface area contributed by atoms with E-state index in [0.717, 1.165) is 49.7 Å². The van der Waals surface area contributed by atoms with Crippen LogP contribution in [0.1, 0.15) is 0 Å². The van der Waals surface area contributed by atoms with Crippen molar-refractivity contribution in [3.05, 3.63) is 21.8 Å². The Labute approximate surface area is 120 Å². The first-order chi connectivity index (χ1) is 8.74. The van der Waals surface area contributed by atoms with Crippen LogP contribution in [0.5, 0.6) is 0 Å². The Kier molecular flexibility index (Phi) is 3.75. The van der Waals surface area contributed by atoms with E-state index in [1.165, 1.54) is 0 Å². The van der Waals surface area contributed by atoms with E-state index in [1.54, 1.807) is 6.07 Å². The lowest BCUT2D eigenvalue weighted by molar-refractivity contribution is -0.0661. The van der Waals surface area contributed by atoms with Crippen molar-refractivity contribution < 1.29 is 4.74 Å². The molecule has 0 unspecified atom stereocenters. The Bertz CT molecular complexity index is 433. The summed E-state index contributed by atoms with van der Waals surface area (Å²) < 4.78 is 6.25. The molecule has 1 aromatic rings. The molecule has 3 heterocycles. The third-order valence-corrected chi connectivity index (χ3v) is 4.37. The third-order valence-electron chi connectivity index (χ3n) is 3.54. The minimum absolute atomic E-state index is 0.544. The maximum atomic E-state index is 5.96. The standard InChI is InChI=1S/C12H15BrClN3O/c13-10-1-2-11(14)15-12(10)17-5-3-16(4-6-17)9-7-18-8-9/h1-2,9H,3-8H2. The van der Waals surface area contributed by atoms with Crippen LogP contribution in [0.3, 0.4) is 0 Å². The van der Waals surface area contributed by atoms with Crippen LogP contribution in [0.25, 0.3) is 0 Å². The summed E-state index contributed by atoms with van der Waals surface area (Å²) in [4.78, 5) is 9.18. The number of anilines is 1. The molecular formula is C12H15BrClN3O. The van der Waals surface area contributed by atoms with Crippen molar-refractivity contribution in [2.24, 2.45) is 0 Å². The van der Waals surface area contributed by atoms with Gasteiger partial charge in [-0.1, -0.05) is 11.6 Å². The molecule has 0 aliphatic carbocycles. The van der Waals surface area contributed by atoms with Crippen molar-refractivity contribution in [3.63, 3.8) is 0 Å². The zero-order valence-electron chi connectivity index (χ0n) is 9.98. The van der Waals surface area contributed by atoms with E-state index in [-0.39, 0.29) is 0 Å². The van der Waals surface area contributed by atoms with E-state index in [1.807, 2.05) is 6.07 Å². The molecule has 2 saturated heterocycles. The van der Waals surface area contributed by atoms with Crippen molar-refractivity contribution in [1.29, 1.82) is 0 Å². The van der Waals surface area contributed by atoms with Gasteiger partial charge in [0, 0.05) is 26.2 Å². The molecule has 0 amide bonds. The quantitative estimate of drug-likeness (QED) is 0.775. The second-order valence-corrected chi connectivity index (χ2v) is 5.90. The topological polar surface area (TPSA) is 28.6 Å². The van der Waals surface area contributed by atoms with Gasteiger partial charge in [-0.2, -0.15) is 0 Å². The van der Waals surface area contributed by atoms with Gasteiger partial charge in [-0.05, 0) is 28.1 Å². The molecule has 0 N–H and O–H groups in total. The molecule has 4 nitrogen and oxygen atoms in total. The van der Waals surface area contributed by atoms with Gasteiger partial charge in [-0.3, -0.25) is 4.90 Å². The summed E-state index contributed by atoms with van der Waals surface area (Å²) >= 11 is 9.50. The summed E-state index contributed by atoms with van der Waals surface area (Å²) in [6, 6.07) is 4.39. The highest BCUT2D eigenvalue weighted by Crippen LogP contribution is 2.27. The summed E-state index contributed by atoms with van der Waals surface area (Å²) in [6.07, 6.45) is 0. The van der Waals surface area contributed by atoms with E-state index < -0.39 is 0 Å². The number of hydrogen-bond donors (Lipinski definition) is 0. The Hall–Kier alpha value is -0.360. The molecule has 98 valence electrons. The van der Waals surface area contributed by atoms with Crippen LogP contribution in [0.2, 0.25) is 5.15 Å². The van der Waals surface area contributed by atoms with Gasteiger partial charge in [-0.15, -0.1) is 0 Å². The predicted octanol–water partition coefficient (Wildman–Crippen LogP) is 2.02. The molecule has 2 fully saturated rings. The second kappa shape index (κ2) is 5.33. The molecule has 0 spiro atoms. The van der Waals surface area contributed by atoms with Crippen LogP contribution in [0.4, 0.5) is 5.82 Å². The highest BCUT2D eigenvalue weighted by Gasteiger charge is 2.29. The van der Waals surface area contributed by atoms with Crippen LogP contribution < -0.4 is 4.90 Å². The molecule has 0 radical (unpaired) electrons. The van der Waals surface area contributed by atoms with Crippen LogP contribution in [-0.4, -0.2) is 55.3 Å². The normalized spacial score (nSPS) is 22.0. The first-order valence-electron chi connectivity index (χ1n) is 6.13. The number of hydrogen-bond acceptors (Lipinski definition) is 4. The lowest BCUT2D eigenvalue weighted by Crippen LogP contribution is -2.56. The van der Waals surface area contributed by atoms with E-state index >= 15 is 0 Å². The smallest absolute Gasteiger partial charge is 0.144 e. The monoisotopic (exact) mass is 331 g/mol. The first-order valence-corrected chi connectivity index (χ1v) is 7.30. The second-order valence-electron chi connectivity index (χ2n) is 4.65. The number of aromatic nitrogens is 1. The number of piperazine rings is 1. The molecular weight excluding hydrogens is 318 g/mol. The fourth-order valence-corrected chi connectivity index (χ4v) is 2.98. The fourth-order valence-electron chi connectivity index (χ4n) is 2.36. The number of nitrogens with zero attached hydrogens (tertiary/aromatic N) is 3. The van der Waals surface area contributed by atoms with Gasteiger partial charge in [-0.25, -0.2) is 4.98 Å². The molecule has 2 aliphatic heterocycles. The molecule has 18 heavy (non-hydrogen) atoms. The average Bonchev–Trinajstić information content (AvgIpc) is 2.31. The molecule has 0 bridgehead atoms. The zero-order valence-corrected chi connectivity index (χ0v) is 12.3. The zero-order chi connectivity index (χ0) is 12.5. The van der Waals surface area contributed by atoms with Gasteiger partial charge in [0.1, 0.15) is 11.0 Å². The molecule has 0 aromatic carbocycles. The number of pyridine rings is 1. The summed E-state index contributed by atoms with van der Waals surface area (Å²) in [5.74, 6) is 0.951. The fraction of sp³-hybridized carbons (Fsp3) is 0.583. The van der Waals surface area contributed by atoms with E-state index in [9.17, 15) is 0 Å². The van der Waals surface area contributed by atoms with E-state index in [4.69, 9.17) is 16.3 Å². The van der Waals surface area contributed by atoms with Gasteiger partial charge in [0.05, 0.1) is 23.7 Å². The molecule has 0 saturated carbocycles. The van der Waals surface area contributed by atoms with Crippen molar-refractivity contribution in [2.75, 3.05) is 44.3 Å². The molecule has 1 aromatic heterocycles. The van der Waals surface area contributed by atoms with Crippen LogP contribution in [0, 0.1) is 0 Å². The predicted molar refractivity (Wildman–Crippen MR) is 75.3 cm³/mol. The lowest BCUT2D eigenvalue weighted by atomic mass is 10.2. The Morgan fingerprint density at radius 2 is 1.94 bits per heavy atom. The maximum absolute atomic E-state index is 5.96. The Balaban J connectivity index is 1.66. The Morgan fingerprint density at radius 1 is 1.22 bits per heavy atom. The van der Waals surface area contributed by atoms with Crippen molar-refractivity contribution in [1.82, 2.24) is 9.88 Å². The van der Waals surface area contributed by atoms with E-state index in [2.05, 4.69) is 30.7 Å². The van der Waals surface area contributed by atoms with E-state index in [0.29, 0.717) is 11.2 Å². The van der Waals surface area contributed by atoms with Crippen molar-refractivity contribution >= 4 is 33.3 Å². The maximum Gasteiger partial charge on any atom is 0.144 e. The van der Waals surface area contributed by atoms with Crippen LogP contribution in [-0.2, 0) is 4.74 Å². The number of rotatable bonds is 2. The summed E-state index contributed by atoms with van der Waals surface area (Å²) in [7, 11) is 0. The summed E-state index contributed by atoms with van der Waals surface area (Å²) in [6.45, 7) is 5.88.